The Bertz CT molecular complexity index is 2040. The fourth-order valence-corrected chi connectivity index (χ4v) is 5.59. The molecule has 4 aromatic carbocycles. The third kappa shape index (κ3) is 3.83. The second-order valence-corrected chi connectivity index (χ2v) is 9.79. The summed E-state index contributed by atoms with van der Waals surface area (Å²) in [6.45, 7) is 0. The molecule has 10 heteroatoms. The summed E-state index contributed by atoms with van der Waals surface area (Å²) in [4.78, 5) is 36.8. The van der Waals surface area contributed by atoms with E-state index in [9.17, 15) is 0 Å². The Hall–Kier alpha value is -4.93. The number of halogens is 1. The number of nitrogens with one attached hydrogen (secondary N) is 2. The maximum atomic E-state index is 5.02. The first-order valence-corrected chi connectivity index (χ1v) is 13.0. The second kappa shape index (κ2) is 9.86. The molecule has 8 nitrogen and oxygen atoms in total. The zero-order valence-corrected chi connectivity index (χ0v) is 27.3. The molecule has 42 heavy (non-hydrogen) atoms. The zero-order valence-electron chi connectivity index (χ0n) is 22.3. The monoisotopic (exact) mass is 626 g/mol. The molecule has 0 saturated carbocycles. The number of H-pyrrole nitrogens is 2. The molecule has 5 heterocycles. The van der Waals surface area contributed by atoms with Crippen molar-refractivity contribution in [3.63, 3.8) is 0 Å². The van der Waals surface area contributed by atoms with E-state index >= 15 is 0 Å². The van der Waals surface area contributed by atoms with Crippen molar-refractivity contribution in [2.75, 3.05) is 0 Å². The van der Waals surface area contributed by atoms with Crippen LogP contribution >= 0.6 is 0 Å². The first-order chi connectivity index (χ1) is 19.8. The van der Waals surface area contributed by atoms with Crippen LogP contribution in [0, 0.1) is 0 Å². The summed E-state index contributed by atoms with van der Waals surface area (Å²) in [7, 11) is 0. The number of fused-ring (bicyclic) bond motifs is 20. The van der Waals surface area contributed by atoms with Crippen LogP contribution < -0.4 is 12.4 Å². The fraction of sp³-hybridized carbons (Fsp3) is 0. The molecule has 0 saturated heterocycles. The summed E-state index contributed by atoms with van der Waals surface area (Å²) in [6.07, 6.45) is 0. The van der Waals surface area contributed by atoms with Crippen molar-refractivity contribution < 1.29 is 12.4 Å². The quantitative estimate of drug-likeness (QED) is 0.251. The SMILES string of the molecule is [Cl-].[GeH3+].c1ccc2c(c1)-c1nc-2nc2[nH]c(nc3nc(nc4[nH]c(n1)c1ccccc41)-c1ccccc1-3)c1ccccc21. The number of rotatable bonds is 0. The third-order valence-electron chi connectivity index (χ3n) is 7.46. The molecule has 0 radical (unpaired) electrons. The predicted molar refractivity (Wildman–Crippen MR) is 166 cm³/mol. The molecule has 3 aromatic heterocycles. The van der Waals surface area contributed by atoms with Crippen molar-refractivity contribution in [3.05, 3.63) is 97.1 Å². The van der Waals surface area contributed by atoms with Gasteiger partial charge in [-0.15, -0.1) is 0 Å². The molecular weight excluding hydrogens is 604 g/mol. The predicted octanol–water partition coefficient (Wildman–Crippen LogP) is 2.69. The molecule has 0 atom stereocenters. The van der Waals surface area contributed by atoms with Gasteiger partial charge in [0.25, 0.3) is 0 Å². The number of benzene rings is 4. The van der Waals surface area contributed by atoms with Crippen molar-refractivity contribution >= 4 is 61.7 Å². The summed E-state index contributed by atoms with van der Waals surface area (Å²) in [6, 6.07) is 32.2. The maximum Gasteiger partial charge on any atom is 0.164 e. The second-order valence-electron chi connectivity index (χ2n) is 9.79. The summed E-state index contributed by atoms with van der Waals surface area (Å²) in [5, 5.41) is 3.82. The molecule has 8 bridgehead atoms. The van der Waals surface area contributed by atoms with E-state index in [1.165, 1.54) is 0 Å². The molecule has 2 aliphatic rings. The first kappa shape index (κ1) is 26.0. The van der Waals surface area contributed by atoms with Gasteiger partial charge in [0.15, 0.2) is 23.3 Å². The fourth-order valence-electron chi connectivity index (χ4n) is 5.59. The van der Waals surface area contributed by atoms with Gasteiger partial charge in [-0.2, -0.15) is 0 Å². The van der Waals surface area contributed by atoms with Gasteiger partial charge in [-0.3, -0.25) is 0 Å². The molecule has 0 unspecified atom stereocenters. The van der Waals surface area contributed by atoms with Gasteiger partial charge < -0.3 is 22.4 Å². The minimum Gasteiger partial charge on any atom is -0.324 e. The van der Waals surface area contributed by atoms with Gasteiger partial charge in [-0.1, -0.05) is 97.1 Å². The molecule has 0 aliphatic carbocycles. The molecule has 2 N–H and O–H groups in total. The van der Waals surface area contributed by atoms with E-state index in [0.29, 0.717) is 45.9 Å². The van der Waals surface area contributed by atoms with Crippen LogP contribution in [0.15, 0.2) is 97.1 Å². The molecule has 0 amide bonds. The standard InChI is InChI=1S/C32H18N8.ClH.GeH3/c1-2-10-18-17(9-1)25-33-26(18)38-28-21-13-5-6-14-22(21)30(35-28)40-32-24-16-8-7-15-23(24)31(36-32)39-29-20-12-4-3-11-19(20)27(34-29)37-25;;/h1-16H,(H2,33,34,35,36,37,38,39,40);1H;1H3/q;;+1/p-1. The normalized spacial score (nSPS) is 11.4. The van der Waals surface area contributed by atoms with Crippen molar-refractivity contribution in [1.29, 1.82) is 0 Å². The minimum absolute atomic E-state index is 0. The average molecular weight is 626 g/mol. The van der Waals surface area contributed by atoms with Crippen LogP contribution in [0.4, 0.5) is 0 Å². The molecule has 7 aromatic rings. The zero-order chi connectivity index (χ0) is 26.2. The van der Waals surface area contributed by atoms with Gasteiger partial charge in [0.05, 0.1) is 0 Å². The van der Waals surface area contributed by atoms with E-state index in [2.05, 4.69) is 9.97 Å². The molecule has 0 spiro atoms. The Labute approximate surface area is 255 Å². The van der Waals surface area contributed by atoms with Gasteiger partial charge in [-0.05, 0) is 0 Å². The summed E-state index contributed by atoms with van der Waals surface area (Å²) in [5.74, 6) is 2.39. The minimum atomic E-state index is 0. The number of aromatic amines is 2. The van der Waals surface area contributed by atoms with Gasteiger partial charge in [0, 0.05) is 43.8 Å². The Morgan fingerprint density at radius 1 is 0.333 bits per heavy atom. The number of hydrogen-bond donors (Lipinski definition) is 2. The Balaban J connectivity index is 0.00000144. The Morgan fingerprint density at radius 2 is 0.571 bits per heavy atom. The van der Waals surface area contributed by atoms with Crippen LogP contribution in [0.2, 0.25) is 0 Å². The maximum absolute atomic E-state index is 5.02. The van der Waals surface area contributed by atoms with Crippen molar-refractivity contribution in [1.82, 2.24) is 39.9 Å². The van der Waals surface area contributed by atoms with Gasteiger partial charge in [-0.25, -0.2) is 29.9 Å². The van der Waals surface area contributed by atoms with E-state index in [1.807, 2.05) is 97.1 Å². The third-order valence-corrected chi connectivity index (χ3v) is 7.46. The number of aromatic nitrogens is 8. The Morgan fingerprint density at radius 3 is 0.833 bits per heavy atom. The van der Waals surface area contributed by atoms with Gasteiger partial charge in [0.2, 0.25) is 0 Å². The van der Waals surface area contributed by atoms with Crippen LogP contribution in [0.3, 0.4) is 0 Å². The van der Waals surface area contributed by atoms with E-state index in [0.717, 1.165) is 43.8 Å². The topological polar surface area (TPSA) is 109 Å². The van der Waals surface area contributed by atoms with Gasteiger partial charge >= 0.3 is 17.6 Å². The smallest absolute Gasteiger partial charge is 0.164 e. The van der Waals surface area contributed by atoms with E-state index in [-0.39, 0.29) is 30.0 Å². The molecule has 0 fully saturated rings. The van der Waals surface area contributed by atoms with E-state index in [1.54, 1.807) is 0 Å². The van der Waals surface area contributed by atoms with Crippen molar-refractivity contribution in [3.8, 4) is 45.6 Å². The molecule has 200 valence electrons. The number of hydrogen-bond acceptors (Lipinski definition) is 6. The summed E-state index contributed by atoms with van der Waals surface area (Å²) < 4.78 is 0. The summed E-state index contributed by atoms with van der Waals surface area (Å²) in [5.41, 5.74) is 6.45. The molecule has 9 rings (SSSR count). The first-order valence-electron chi connectivity index (χ1n) is 13.0. The van der Waals surface area contributed by atoms with Crippen LogP contribution in [0.25, 0.3) is 89.7 Å². The van der Waals surface area contributed by atoms with Crippen LogP contribution in [-0.4, -0.2) is 57.5 Å². The van der Waals surface area contributed by atoms with Crippen LogP contribution in [0.1, 0.15) is 0 Å². The van der Waals surface area contributed by atoms with Crippen molar-refractivity contribution in [2.24, 2.45) is 0 Å². The van der Waals surface area contributed by atoms with Crippen LogP contribution in [0.5, 0.6) is 0 Å². The van der Waals surface area contributed by atoms with E-state index < -0.39 is 0 Å². The largest absolute Gasteiger partial charge is 0.324 e. The molecule has 2 aliphatic heterocycles. The van der Waals surface area contributed by atoms with E-state index in [4.69, 9.17) is 29.9 Å². The molecular formula is C32H21ClGeN8. The van der Waals surface area contributed by atoms with Crippen molar-refractivity contribution in [2.45, 2.75) is 0 Å². The average Bonchev–Trinajstić information content (AvgIpc) is 3.73. The van der Waals surface area contributed by atoms with Gasteiger partial charge in [0.1, 0.15) is 22.6 Å². The Kier molecular flexibility index (Phi) is 6.11. The van der Waals surface area contributed by atoms with Crippen LogP contribution in [-0.2, 0) is 0 Å². The number of nitrogens with zero attached hydrogens (tertiary/aromatic N) is 6. The summed E-state index contributed by atoms with van der Waals surface area (Å²) >= 11 is 0.